The molecular weight excluding hydrogens is 482 g/mol. The molecule has 11 heteroatoms. The van der Waals surface area contributed by atoms with E-state index in [1.165, 1.54) is 30.6 Å². The third kappa shape index (κ3) is 8.10. The standard InChI is InChI=1S/C24H22F2N4O4.ClH/c1-33-20-7-3-15(4-8-20)10-19(14-31)30-22(32)18-6-9-21(34-23(25)26)17(11-18)5-2-16-12-28-24(27)29-13-16;/h3-4,6-9,11-13,19,23,31H,10,14H2,1H3,(H,30,32)(H2,27,28,29);1H/t19-;/m0./s1. The monoisotopic (exact) mass is 504 g/mol. The number of carbonyl (C=O) groups excluding carboxylic acids is 1. The number of benzene rings is 2. The van der Waals surface area contributed by atoms with Gasteiger partial charge in [0.15, 0.2) is 0 Å². The van der Waals surface area contributed by atoms with Gasteiger partial charge in [0.1, 0.15) is 11.5 Å². The van der Waals surface area contributed by atoms with E-state index in [4.69, 9.17) is 10.5 Å². The van der Waals surface area contributed by atoms with Crippen LogP contribution in [0, 0.1) is 11.8 Å². The second-order valence-electron chi connectivity index (χ2n) is 7.07. The van der Waals surface area contributed by atoms with E-state index >= 15 is 0 Å². The number of ether oxygens (including phenoxy) is 2. The number of aliphatic hydroxyl groups excluding tert-OH is 1. The van der Waals surface area contributed by atoms with Crippen LogP contribution in [0.1, 0.15) is 27.0 Å². The fourth-order valence-corrected chi connectivity index (χ4v) is 2.99. The molecule has 0 bridgehead atoms. The SMILES string of the molecule is COc1ccc(C[C@@H](CO)NC(=O)c2ccc(OC(F)F)c(C#Cc3cnc(N)nc3)c2)cc1.Cl. The maximum atomic E-state index is 12.8. The Bertz CT molecular complexity index is 1180. The first-order valence-electron chi connectivity index (χ1n) is 10.1. The van der Waals surface area contributed by atoms with Crippen molar-refractivity contribution >= 4 is 24.3 Å². The molecule has 1 heterocycles. The summed E-state index contributed by atoms with van der Waals surface area (Å²) in [6.45, 7) is -3.36. The van der Waals surface area contributed by atoms with Crippen LogP contribution in [0.15, 0.2) is 54.9 Å². The van der Waals surface area contributed by atoms with Crippen LogP contribution in [0.2, 0.25) is 0 Å². The van der Waals surface area contributed by atoms with Crippen molar-refractivity contribution in [2.75, 3.05) is 19.5 Å². The Balaban J connectivity index is 0.00000432. The van der Waals surface area contributed by atoms with Crippen molar-refractivity contribution in [3.63, 3.8) is 0 Å². The number of hydrogen-bond acceptors (Lipinski definition) is 7. The van der Waals surface area contributed by atoms with Crippen LogP contribution in [0.3, 0.4) is 0 Å². The number of amides is 1. The van der Waals surface area contributed by atoms with E-state index in [-0.39, 0.29) is 41.8 Å². The van der Waals surface area contributed by atoms with Crippen LogP contribution >= 0.6 is 12.4 Å². The first kappa shape index (κ1) is 27.3. The maximum absolute atomic E-state index is 12.8. The molecule has 3 aromatic rings. The zero-order valence-corrected chi connectivity index (χ0v) is 19.4. The van der Waals surface area contributed by atoms with Gasteiger partial charge in [0.2, 0.25) is 5.95 Å². The van der Waals surface area contributed by atoms with E-state index < -0.39 is 18.6 Å². The summed E-state index contributed by atoms with van der Waals surface area (Å²) in [6, 6.07) is 10.6. The van der Waals surface area contributed by atoms with Crippen LogP contribution in [0.5, 0.6) is 11.5 Å². The minimum absolute atomic E-state index is 0. The number of halogens is 3. The number of alkyl halides is 2. The number of aromatic nitrogens is 2. The Kier molecular flexibility index (Phi) is 10.2. The highest BCUT2D eigenvalue weighted by atomic mass is 35.5. The summed E-state index contributed by atoms with van der Waals surface area (Å²) in [5.41, 5.74) is 6.95. The zero-order chi connectivity index (χ0) is 24.5. The number of hydrogen-bond donors (Lipinski definition) is 3. The quantitative estimate of drug-likeness (QED) is 0.403. The molecule has 0 unspecified atom stereocenters. The molecule has 184 valence electrons. The average Bonchev–Trinajstić information content (AvgIpc) is 2.84. The molecule has 2 aromatic carbocycles. The van der Waals surface area contributed by atoms with Crippen molar-refractivity contribution in [3.05, 3.63) is 77.1 Å². The maximum Gasteiger partial charge on any atom is 0.387 e. The van der Waals surface area contributed by atoms with Gasteiger partial charge >= 0.3 is 6.61 Å². The number of anilines is 1. The highest BCUT2D eigenvalue weighted by molar-refractivity contribution is 5.95. The molecule has 0 aliphatic heterocycles. The van der Waals surface area contributed by atoms with Gasteiger partial charge in [0, 0.05) is 18.0 Å². The van der Waals surface area contributed by atoms with Crippen molar-refractivity contribution in [1.82, 2.24) is 15.3 Å². The molecule has 4 N–H and O–H groups in total. The van der Waals surface area contributed by atoms with E-state index in [9.17, 15) is 18.7 Å². The summed E-state index contributed by atoms with van der Waals surface area (Å²) >= 11 is 0. The number of nitrogens with two attached hydrogens (primary N) is 1. The van der Waals surface area contributed by atoms with Gasteiger partial charge in [-0.2, -0.15) is 8.78 Å². The third-order valence-corrected chi connectivity index (χ3v) is 4.67. The molecule has 3 rings (SSSR count). The van der Waals surface area contributed by atoms with Crippen LogP contribution in [-0.4, -0.2) is 47.4 Å². The van der Waals surface area contributed by atoms with Gasteiger partial charge in [0.05, 0.1) is 30.9 Å². The summed E-state index contributed by atoms with van der Waals surface area (Å²) in [4.78, 5) is 20.4. The van der Waals surface area contributed by atoms with E-state index in [1.807, 2.05) is 12.1 Å². The number of aliphatic hydroxyl groups is 1. The van der Waals surface area contributed by atoms with Gasteiger partial charge < -0.3 is 25.6 Å². The molecular formula is C24H23ClF2N4O4. The summed E-state index contributed by atoms with van der Waals surface area (Å²) < 4.78 is 35.3. The molecule has 1 amide bonds. The normalized spacial score (nSPS) is 11.0. The predicted molar refractivity (Wildman–Crippen MR) is 128 cm³/mol. The Hall–Kier alpha value is -3.94. The number of nitrogen functional groups attached to an aromatic ring is 1. The first-order chi connectivity index (χ1) is 16.4. The average molecular weight is 505 g/mol. The molecule has 0 saturated heterocycles. The lowest BCUT2D eigenvalue weighted by Crippen LogP contribution is -2.39. The van der Waals surface area contributed by atoms with Gasteiger partial charge in [-0.25, -0.2) is 9.97 Å². The molecule has 0 saturated carbocycles. The van der Waals surface area contributed by atoms with E-state index in [0.29, 0.717) is 17.7 Å². The highest BCUT2D eigenvalue weighted by Gasteiger charge is 2.16. The Morgan fingerprint density at radius 2 is 1.83 bits per heavy atom. The predicted octanol–water partition coefficient (Wildman–Crippen LogP) is 2.82. The summed E-state index contributed by atoms with van der Waals surface area (Å²) in [6.07, 6.45) is 3.14. The Morgan fingerprint density at radius 1 is 1.14 bits per heavy atom. The Morgan fingerprint density at radius 3 is 2.43 bits per heavy atom. The van der Waals surface area contributed by atoms with Gasteiger partial charge in [-0.1, -0.05) is 24.0 Å². The van der Waals surface area contributed by atoms with Crippen molar-refractivity contribution in [2.45, 2.75) is 19.1 Å². The topological polar surface area (TPSA) is 120 Å². The van der Waals surface area contributed by atoms with Gasteiger partial charge in [0.25, 0.3) is 5.91 Å². The largest absolute Gasteiger partial charge is 0.497 e. The lowest BCUT2D eigenvalue weighted by atomic mass is 10.0. The lowest BCUT2D eigenvalue weighted by Gasteiger charge is -2.17. The van der Waals surface area contributed by atoms with Crippen LogP contribution in [-0.2, 0) is 6.42 Å². The molecule has 1 aromatic heterocycles. The van der Waals surface area contributed by atoms with Crippen molar-refractivity contribution < 1.29 is 28.2 Å². The second-order valence-corrected chi connectivity index (χ2v) is 7.07. The van der Waals surface area contributed by atoms with E-state index in [1.54, 1.807) is 19.2 Å². The summed E-state index contributed by atoms with van der Waals surface area (Å²) in [7, 11) is 1.56. The smallest absolute Gasteiger partial charge is 0.387 e. The minimum atomic E-state index is -3.07. The highest BCUT2D eigenvalue weighted by Crippen LogP contribution is 2.22. The van der Waals surface area contributed by atoms with Crippen LogP contribution in [0.4, 0.5) is 14.7 Å². The van der Waals surface area contributed by atoms with Gasteiger partial charge in [-0.15, -0.1) is 12.4 Å². The lowest BCUT2D eigenvalue weighted by molar-refractivity contribution is -0.0500. The summed E-state index contributed by atoms with van der Waals surface area (Å²) in [5, 5.41) is 12.5. The van der Waals surface area contributed by atoms with Crippen LogP contribution in [0.25, 0.3) is 0 Å². The summed E-state index contributed by atoms with van der Waals surface area (Å²) in [5.74, 6) is 5.49. The number of nitrogens with one attached hydrogen (secondary N) is 1. The molecule has 8 nitrogen and oxygen atoms in total. The van der Waals surface area contributed by atoms with Gasteiger partial charge in [-0.05, 0) is 42.3 Å². The first-order valence-corrected chi connectivity index (χ1v) is 10.1. The van der Waals surface area contributed by atoms with E-state index in [2.05, 4.69) is 31.9 Å². The molecule has 0 spiro atoms. The molecule has 35 heavy (non-hydrogen) atoms. The third-order valence-electron chi connectivity index (χ3n) is 4.67. The minimum Gasteiger partial charge on any atom is -0.497 e. The molecule has 0 aliphatic carbocycles. The fraction of sp³-hybridized carbons (Fsp3) is 0.208. The van der Waals surface area contributed by atoms with E-state index in [0.717, 1.165) is 5.56 Å². The number of carbonyl (C=O) groups is 1. The number of rotatable bonds is 8. The number of nitrogens with zero attached hydrogens (tertiary/aromatic N) is 2. The molecule has 1 atom stereocenters. The fourth-order valence-electron chi connectivity index (χ4n) is 2.99. The second kappa shape index (κ2) is 13.1. The van der Waals surface area contributed by atoms with Crippen molar-refractivity contribution in [3.8, 4) is 23.3 Å². The van der Waals surface area contributed by atoms with Crippen molar-refractivity contribution in [1.29, 1.82) is 0 Å². The molecule has 0 radical (unpaired) electrons. The zero-order valence-electron chi connectivity index (χ0n) is 18.6. The number of methoxy groups -OCH3 is 1. The van der Waals surface area contributed by atoms with Crippen LogP contribution < -0.4 is 20.5 Å². The molecule has 0 fully saturated rings. The Labute approximate surface area is 206 Å². The van der Waals surface area contributed by atoms with Gasteiger partial charge in [-0.3, -0.25) is 4.79 Å². The molecule has 0 aliphatic rings. The van der Waals surface area contributed by atoms with Crippen molar-refractivity contribution in [2.24, 2.45) is 0 Å².